The Labute approximate surface area is 121 Å². The van der Waals surface area contributed by atoms with E-state index in [1.54, 1.807) is 36.4 Å². The number of halogens is 1. The van der Waals surface area contributed by atoms with Gasteiger partial charge in [0.2, 0.25) is 0 Å². The van der Waals surface area contributed by atoms with Crippen LogP contribution in [-0.2, 0) is 4.79 Å². The molecule has 0 atom stereocenters. The third kappa shape index (κ3) is 3.63. The number of hydrogen-bond acceptors (Lipinski definition) is 2. The van der Waals surface area contributed by atoms with Gasteiger partial charge in [0, 0.05) is 11.1 Å². The molecule has 4 heteroatoms. The van der Waals surface area contributed by atoms with Crippen LogP contribution < -0.4 is 0 Å². The molecule has 106 valence electrons. The zero-order valence-corrected chi connectivity index (χ0v) is 11.3. The smallest absolute Gasteiger partial charge is 0.331 e. The molecule has 0 saturated carbocycles. The lowest BCUT2D eigenvalue weighted by Gasteiger charge is -2.03. The summed E-state index contributed by atoms with van der Waals surface area (Å²) in [4.78, 5) is 22.5. The average molecular weight is 284 g/mol. The standard InChI is InChI=1S/C17H13FO3/c1-11(17(20)21)10-16(19)14-4-2-12(3-5-14)13-6-8-15(18)9-7-13/h2-10H,1H3,(H,20,21). The van der Waals surface area contributed by atoms with Gasteiger partial charge in [-0.1, -0.05) is 36.4 Å². The first-order valence-electron chi connectivity index (χ1n) is 6.29. The van der Waals surface area contributed by atoms with Crippen molar-refractivity contribution in [2.24, 2.45) is 0 Å². The largest absolute Gasteiger partial charge is 0.478 e. The van der Waals surface area contributed by atoms with Crippen LogP contribution in [0.15, 0.2) is 60.2 Å². The Bertz CT molecular complexity index is 698. The van der Waals surface area contributed by atoms with E-state index < -0.39 is 5.97 Å². The van der Waals surface area contributed by atoms with Crippen molar-refractivity contribution in [3.05, 3.63) is 71.6 Å². The van der Waals surface area contributed by atoms with E-state index in [2.05, 4.69) is 0 Å². The van der Waals surface area contributed by atoms with Crippen LogP contribution >= 0.6 is 0 Å². The van der Waals surface area contributed by atoms with Gasteiger partial charge < -0.3 is 5.11 Å². The molecule has 0 bridgehead atoms. The fraction of sp³-hybridized carbons (Fsp3) is 0.0588. The average Bonchev–Trinajstić information content (AvgIpc) is 2.48. The maximum absolute atomic E-state index is 12.9. The highest BCUT2D eigenvalue weighted by Gasteiger charge is 2.07. The zero-order valence-electron chi connectivity index (χ0n) is 11.3. The first-order chi connectivity index (χ1) is 9.97. The van der Waals surface area contributed by atoms with Crippen molar-refractivity contribution in [1.29, 1.82) is 0 Å². The quantitative estimate of drug-likeness (QED) is 0.688. The molecule has 3 nitrogen and oxygen atoms in total. The second-order valence-electron chi connectivity index (χ2n) is 4.58. The topological polar surface area (TPSA) is 54.4 Å². The molecule has 0 aliphatic carbocycles. The van der Waals surface area contributed by atoms with E-state index in [4.69, 9.17) is 5.11 Å². The summed E-state index contributed by atoms with van der Waals surface area (Å²) in [6, 6.07) is 12.8. The highest BCUT2D eigenvalue weighted by Crippen LogP contribution is 2.20. The monoisotopic (exact) mass is 284 g/mol. The molecular weight excluding hydrogens is 271 g/mol. The summed E-state index contributed by atoms with van der Waals surface area (Å²) in [5.74, 6) is -1.79. The van der Waals surface area contributed by atoms with Crippen LogP contribution in [0.3, 0.4) is 0 Å². The predicted molar refractivity (Wildman–Crippen MR) is 77.6 cm³/mol. The molecule has 21 heavy (non-hydrogen) atoms. The minimum absolute atomic E-state index is 0.0115. The van der Waals surface area contributed by atoms with Crippen molar-refractivity contribution in [3.8, 4) is 11.1 Å². The molecule has 2 aromatic rings. The van der Waals surface area contributed by atoms with Gasteiger partial charge in [-0.2, -0.15) is 0 Å². The summed E-state index contributed by atoms with van der Waals surface area (Å²) in [6.07, 6.45) is 1.09. The second kappa shape index (κ2) is 6.13. The number of carbonyl (C=O) groups is 2. The van der Waals surface area contributed by atoms with Crippen LogP contribution in [0.4, 0.5) is 4.39 Å². The maximum Gasteiger partial charge on any atom is 0.331 e. The van der Waals surface area contributed by atoms with E-state index in [9.17, 15) is 14.0 Å². The van der Waals surface area contributed by atoms with E-state index in [-0.39, 0.29) is 17.2 Å². The van der Waals surface area contributed by atoms with E-state index in [1.165, 1.54) is 19.1 Å². The van der Waals surface area contributed by atoms with Gasteiger partial charge >= 0.3 is 5.97 Å². The van der Waals surface area contributed by atoms with Crippen molar-refractivity contribution < 1.29 is 19.1 Å². The molecule has 0 amide bonds. The molecule has 0 aliphatic rings. The van der Waals surface area contributed by atoms with Crippen LogP contribution in [0, 0.1) is 5.82 Å². The van der Waals surface area contributed by atoms with Gasteiger partial charge in [0.05, 0.1) is 0 Å². The maximum atomic E-state index is 12.9. The Kier molecular flexibility index (Phi) is 4.28. The Morgan fingerprint density at radius 1 is 0.952 bits per heavy atom. The molecule has 0 heterocycles. The Morgan fingerprint density at radius 2 is 1.43 bits per heavy atom. The first-order valence-corrected chi connectivity index (χ1v) is 6.29. The minimum atomic E-state index is -1.12. The molecule has 0 radical (unpaired) electrons. The van der Waals surface area contributed by atoms with Crippen molar-refractivity contribution in [1.82, 2.24) is 0 Å². The number of ketones is 1. The van der Waals surface area contributed by atoms with Crippen LogP contribution in [0.5, 0.6) is 0 Å². The summed E-state index contributed by atoms with van der Waals surface area (Å²) in [5, 5.41) is 8.74. The molecule has 0 unspecified atom stereocenters. The third-order valence-electron chi connectivity index (χ3n) is 3.03. The Balaban J connectivity index is 2.23. The van der Waals surface area contributed by atoms with Crippen molar-refractivity contribution in [2.75, 3.05) is 0 Å². The highest BCUT2D eigenvalue weighted by atomic mass is 19.1. The van der Waals surface area contributed by atoms with Gasteiger partial charge in [0.25, 0.3) is 0 Å². The number of aliphatic carboxylic acids is 1. The van der Waals surface area contributed by atoms with Gasteiger partial charge in [0.1, 0.15) is 5.82 Å². The predicted octanol–water partition coefficient (Wildman–Crippen LogP) is 3.71. The molecule has 0 fully saturated rings. The van der Waals surface area contributed by atoms with Crippen molar-refractivity contribution in [3.63, 3.8) is 0 Å². The van der Waals surface area contributed by atoms with Gasteiger partial charge in [-0.3, -0.25) is 4.79 Å². The lowest BCUT2D eigenvalue weighted by atomic mass is 10.0. The van der Waals surface area contributed by atoms with Gasteiger partial charge in [-0.15, -0.1) is 0 Å². The number of benzene rings is 2. The van der Waals surface area contributed by atoms with E-state index in [1.807, 2.05) is 0 Å². The van der Waals surface area contributed by atoms with Gasteiger partial charge in [-0.05, 0) is 36.3 Å². The summed E-state index contributed by atoms with van der Waals surface area (Å²) < 4.78 is 12.9. The lowest BCUT2D eigenvalue weighted by Crippen LogP contribution is -2.01. The Hall–Kier alpha value is -2.75. The van der Waals surface area contributed by atoms with Crippen molar-refractivity contribution >= 4 is 11.8 Å². The number of hydrogen-bond donors (Lipinski definition) is 1. The molecule has 2 rings (SSSR count). The molecule has 0 saturated heterocycles. The SMILES string of the molecule is CC(=CC(=O)c1ccc(-c2ccc(F)cc2)cc1)C(=O)O. The van der Waals surface area contributed by atoms with Crippen LogP contribution in [0.1, 0.15) is 17.3 Å². The Morgan fingerprint density at radius 3 is 1.90 bits per heavy atom. The van der Waals surface area contributed by atoms with Gasteiger partial charge in [0.15, 0.2) is 5.78 Å². The fourth-order valence-corrected chi connectivity index (χ4v) is 1.81. The lowest BCUT2D eigenvalue weighted by molar-refractivity contribution is -0.132. The molecule has 0 aliphatic heterocycles. The number of carboxylic acids is 1. The van der Waals surface area contributed by atoms with Crippen LogP contribution in [0.25, 0.3) is 11.1 Å². The first kappa shape index (κ1) is 14.7. The minimum Gasteiger partial charge on any atom is -0.478 e. The van der Waals surface area contributed by atoms with Crippen LogP contribution in [-0.4, -0.2) is 16.9 Å². The summed E-state index contributed by atoms with van der Waals surface area (Å²) in [6.45, 7) is 1.37. The number of rotatable bonds is 4. The van der Waals surface area contributed by atoms with Crippen molar-refractivity contribution in [2.45, 2.75) is 6.92 Å². The summed E-state index contributed by atoms with van der Waals surface area (Å²) in [5.41, 5.74) is 2.09. The third-order valence-corrected chi connectivity index (χ3v) is 3.03. The zero-order chi connectivity index (χ0) is 15.4. The number of allylic oxidation sites excluding steroid dienone is 1. The fourth-order valence-electron chi connectivity index (χ4n) is 1.81. The van der Waals surface area contributed by atoms with Gasteiger partial charge in [-0.25, -0.2) is 9.18 Å². The summed E-state index contributed by atoms with van der Waals surface area (Å²) >= 11 is 0. The molecule has 2 aromatic carbocycles. The number of carboxylic acid groups (broad SMARTS) is 1. The molecule has 0 spiro atoms. The van der Waals surface area contributed by atoms with E-state index >= 15 is 0 Å². The normalized spacial score (nSPS) is 11.2. The highest BCUT2D eigenvalue weighted by molar-refractivity contribution is 6.08. The number of carbonyl (C=O) groups excluding carboxylic acids is 1. The van der Waals surface area contributed by atoms with E-state index in [0.29, 0.717) is 5.56 Å². The summed E-state index contributed by atoms with van der Waals surface area (Å²) in [7, 11) is 0. The van der Waals surface area contributed by atoms with E-state index in [0.717, 1.165) is 17.2 Å². The second-order valence-corrected chi connectivity index (χ2v) is 4.58. The molecule has 0 aromatic heterocycles. The molecular formula is C17H13FO3. The molecule has 1 N–H and O–H groups in total. The van der Waals surface area contributed by atoms with Crippen LogP contribution in [0.2, 0.25) is 0 Å².